The van der Waals surface area contributed by atoms with Gasteiger partial charge in [0.05, 0.1) is 12.7 Å². The minimum atomic E-state index is -4.37. The fraction of sp³-hybridized carbons (Fsp3) is 0.154. The molecule has 0 spiro atoms. The molecular weight excluding hydrogens is 259 g/mol. The number of alkyl halides is 3. The van der Waals surface area contributed by atoms with Gasteiger partial charge in [0.25, 0.3) is 0 Å². The summed E-state index contributed by atoms with van der Waals surface area (Å²) >= 11 is 0. The van der Waals surface area contributed by atoms with Crippen LogP contribution in [0.2, 0.25) is 0 Å². The number of benzene rings is 1. The topological polar surface area (TPSA) is 31.2 Å². The number of esters is 1. The summed E-state index contributed by atoms with van der Waals surface area (Å²) in [4.78, 5) is 11.5. The Bertz CT molecular complexity index is 585. The highest BCUT2D eigenvalue weighted by Crippen LogP contribution is 2.29. The Balaban J connectivity index is 2.38. The van der Waals surface area contributed by atoms with Crippen LogP contribution in [0.4, 0.5) is 13.2 Å². The molecule has 0 aliphatic carbocycles. The van der Waals surface area contributed by atoms with Gasteiger partial charge in [-0.2, -0.15) is 13.2 Å². The van der Waals surface area contributed by atoms with Crippen LogP contribution in [0, 0.1) is 0 Å². The van der Waals surface area contributed by atoms with Gasteiger partial charge < -0.3 is 9.30 Å². The number of nitrogens with zero attached hydrogens (tertiary/aromatic N) is 1. The van der Waals surface area contributed by atoms with Crippen LogP contribution in [0.25, 0.3) is 5.69 Å². The van der Waals surface area contributed by atoms with Gasteiger partial charge in [-0.1, -0.05) is 0 Å². The average molecular weight is 269 g/mol. The summed E-state index contributed by atoms with van der Waals surface area (Å²) in [5, 5.41) is 0. The van der Waals surface area contributed by atoms with E-state index in [0.717, 1.165) is 12.1 Å². The van der Waals surface area contributed by atoms with Gasteiger partial charge >= 0.3 is 12.1 Å². The summed E-state index contributed by atoms with van der Waals surface area (Å²) in [6.07, 6.45) is -2.80. The zero-order valence-electron chi connectivity index (χ0n) is 9.94. The summed E-state index contributed by atoms with van der Waals surface area (Å²) in [5.41, 5.74) is -0.0244. The molecule has 0 unspecified atom stereocenters. The van der Waals surface area contributed by atoms with Crippen molar-refractivity contribution < 1.29 is 22.7 Å². The number of carbonyl (C=O) groups is 1. The van der Waals surface area contributed by atoms with E-state index in [2.05, 4.69) is 4.74 Å². The maximum Gasteiger partial charge on any atom is 0.416 e. The third-order valence-electron chi connectivity index (χ3n) is 2.62. The van der Waals surface area contributed by atoms with Gasteiger partial charge in [-0.3, -0.25) is 0 Å². The second-order valence-corrected chi connectivity index (χ2v) is 3.80. The van der Waals surface area contributed by atoms with Crippen LogP contribution >= 0.6 is 0 Å². The first-order valence-electron chi connectivity index (χ1n) is 5.37. The molecule has 19 heavy (non-hydrogen) atoms. The molecule has 100 valence electrons. The normalized spacial score (nSPS) is 11.4. The lowest BCUT2D eigenvalue weighted by Crippen LogP contribution is -2.09. The minimum absolute atomic E-state index is 0.252. The molecule has 1 heterocycles. The number of aromatic nitrogens is 1. The molecule has 0 amide bonds. The van der Waals surface area contributed by atoms with Crippen molar-refractivity contribution >= 4 is 5.97 Å². The van der Waals surface area contributed by atoms with Gasteiger partial charge in [0.15, 0.2) is 0 Å². The van der Waals surface area contributed by atoms with Gasteiger partial charge in [0.2, 0.25) is 0 Å². The monoisotopic (exact) mass is 269 g/mol. The molecule has 0 aliphatic heterocycles. The van der Waals surface area contributed by atoms with Crippen LogP contribution in [-0.2, 0) is 10.9 Å². The third-order valence-corrected chi connectivity index (χ3v) is 2.62. The zero-order valence-corrected chi connectivity index (χ0v) is 9.94. The number of methoxy groups -OCH3 is 1. The van der Waals surface area contributed by atoms with E-state index >= 15 is 0 Å². The van der Waals surface area contributed by atoms with Crippen molar-refractivity contribution in [2.45, 2.75) is 6.18 Å². The molecule has 3 nitrogen and oxygen atoms in total. The van der Waals surface area contributed by atoms with Crippen molar-refractivity contribution in [1.82, 2.24) is 4.57 Å². The van der Waals surface area contributed by atoms with Crippen LogP contribution in [0.3, 0.4) is 0 Å². The Kier molecular flexibility index (Phi) is 3.33. The Morgan fingerprint density at radius 1 is 1.16 bits per heavy atom. The van der Waals surface area contributed by atoms with Crippen molar-refractivity contribution in [3.8, 4) is 5.69 Å². The highest BCUT2D eigenvalue weighted by atomic mass is 19.4. The fourth-order valence-electron chi connectivity index (χ4n) is 1.69. The van der Waals surface area contributed by atoms with E-state index in [4.69, 9.17) is 0 Å². The summed E-state index contributed by atoms with van der Waals surface area (Å²) in [6.45, 7) is 0. The number of hydrogen-bond acceptors (Lipinski definition) is 2. The second kappa shape index (κ2) is 4.79. The molecule has 0 N–H and O–H groups in total. The van der Waals surface area contributed by atoms with Crippen LogP contribution in [0.1, 0.15) is 16.1 Å². The van der Waals surface area contributed by atoms with E-state index in [1.54, 1.807) is 12.3 Å². The van der Waals surface area contributed by atoms with E-state index in [1.807, 2.05) is 0 Å². The molecule has 0 saturated carbocycles. The standard InChI is InChI=1S/C13H10F3NO2/c1-19-12(18)11-3-2-8-17(11)10-6-4-9(5-7-10)13(14,15)16/h2-8H,1H3. The summed E-state index contributed by atoms with van der Waals surface area (Å²) in [7, 11) is 1.24. The summed E-state index contributed by atoms with van der Waals surface area (Å²) < 4.78 is 43.4. The Hall–Kier alpha value is -2.24. The molecule has 2 aromatic rings. The number of halogens is 3. The minimum Gasteiger partial charge on any atom is -0.464 e. The van der Waals surface area contributed by atoms with Crippen LogP contribution in [0.15, 0.2) is 42.6 Å². The van der Waals surface area contributed by atoms with E-state index in [9.17, 15) is 18.0 Å². The molecule has 0 atom stereocenters. The van der Waals surface area contributed by atoms with Gasteiger partial charge in [-0.05, 0) is 36.4 Å². The first-order valence-corrected chi connectivity index (χ1v) is 5.37. The molecule has 0 fully saturated rings. The summed E-state index contributed by atoms with van der Waals surface area (Å²) in [6, 6.07) is 7.69. The molecule has 6 heteroatoms. The molecule has 1 aromatic carbocycles. The quantitative estimate of drug-likeness (QED) is 0.783. The van der Waals surface area contributed by atoms with E-state index in [-0.39, 0.29) is 5.69 Å². The van der Waals surface area contributed by atoms with Crippen molar-refractivity contribution in [1.29, 1.82) is 0 Å². The van der Waals surface area contributed by atoms with Gasteiger partial charge in [-0.25, -0.2) is 4.79 Å². The van der Waals surface area contributed by atoms with E-state index in [0.29, 0.717) is 5.69 Å². The Morgan fingerprint density at radius 2 is 1.79 bits per heavy atom. The van der Waals surface area contributed by atoms with Crippen LogP contribution < -0.4 is 0 Å². The molecule has 0 bridgehead atoms. The third kappa shape index (κ3) is 2.62. The van der Waals surface area contributed by atoms with E-state index < -0.39 is 17.7 Å². The Labute approximate surface area is 107 Å². The second-order valence-electron chi connectivity index (χ2n) is 3.80. The molecule has 0 saturated heterocycles. The Morgan fingerprint density at radius 3 is 2.32 bits per heavy atom. The molecular formula is C13H10F3NO2. The predicted molar refractivity (Wildman–Crippen MR) is 62.1 cm³/mol. The van der Waals surface area contributed by atoms with E-state index in [1.165, 1.54) is 29.9 Å². The highest BCUT2D eigenvalue weighted by molar-refractivity contribution is 5.88. The van der Waals surface area contributed by atoms with Crippen molar-refractivity contribution in [3.63, 3.8) is 0 Å². The van der Waals surface area contributed by atoms with Crippen molar-refractivity contribution in [2.24, 2.45) is 0 Å². The first kappa shape index (κ1) is 13.2. The van der Waals surface area contributed by atoms with Crippen LogP contribution in [0.5, 0.6) is 0 Å². The molecule has 0 radical (unpaired) electrons. The SMILES string of the molecule is COC(=O)c1cccn1-c1ccc(C(F)(F)F)cc1. The molecule has 0 aliphatic rings. The van der Waals surface area contributed by atoms with Crippen molar-refractivity contribution in [3.05, 3.63) is 53.9 Å². The fourth-order valence-corrected chi connectivity index (χ4v) is 1.69. The lowest BCUT2D eigenvalue weighted by Gasteiger charge is -2.10. The summed E-state index contributed by atoms with van der Waals surface area (Å²) in [5.74, 6) is -0.551. The van der Waals surface area contributed by atoms with Crippen molar-refractivity contribution in [2.75, 3.05) is 7.11 Å². The average Bonchev–Trinajstić information content (AvgIpc) is 2.86. The van der Waals surface area contributed by atoms with Gasteiger partial charge in [-0.15, -0.1) is 0 Å². The lowest BCUT2D eigenvalue weighted by atomic mass is 10.2. The zero-order chi connectivity index (χ0) is 14.0. The largest absolute Gasteiger partial charge is 0.464 e. The van der Waals surface area contributed by atoms with Gasteiger partial charge in [0, 0.05) is 11.9 Å². The maximum atomic E-state index is 12.4. The molecule has 1 aromatic heterocycles. The smallest absolute Gasteiger partial charge is 0.416 e. The lowest BCUT2D eigenvalue weighted by molar-refractivity contribution is -0.137. The highest BCUT2D eigenvalue weighted by Gasteiger charge is 2.30. The number of hydrogen-bond donors (Lipinski definition) is 0. The number of carbonyl (C=O) groups excluding carboxylic acids is 1. The predicted octanol–water partition coefficient (Wildman–Crippen LogP) is 3.28. The number of ether oxygens (including phenoxy) is 1. The molecule has 2 rings (SSSR count). The van der Waals surface area contributed by atoms with Crippen LogP contribution in [-0.4, -0.2) is 17.6 Å². The first-order chi connectivity index (χ1) is 8.93. The number of rotatable bonds is 2. The van der Waals surface area contributed by atoms with Gasteiger partial charge in [0.1, 0.15) is 5.69 Å². The maximum absolute atomic E-state index is 12.4.